The van der Waals surface area contributed by atoms with Gasteiger partial charge in [-0.25, -0.2) is 4.57 Å². The Hall–Kier alpha value is -2.07. The van der Waals surface area contributed by atoms with Crippen LogP contribution in [0, 0.1) is 0 Å². The lowest BCUT2D eigenvalue weighted by Gasteiger charge is -2.10. The molecule has 33 heavy (non-hydrogen) atoms. The topological polar surface area (TPSA) is 42.2 Å². The Morgan fingerprint density at radius 1 is 0.939 bits per heavy atom. The molecule has 1 amide bonds. The van der Waals surface area contributed by atoms with Gasteiger partial charge in [0.2, 0.25) is 0 Å². The zero-order valence-corrected chi connectivity index (χ0v) is 21.3. The molecule has 0 aliphatic rings. The van der Waals surface area contributed by atoms with Crippen molar-refractivity contribution in [2.24, 2.45) is 7.05 Å². The number of amides is 1. The predicted octanol–water partition coefficient (Wildman–Crippen LogP) is 7.17. The van der Waals surface area contributed by atoms with Crippen molar-refractivity contribution in [3.05, 3.63) is 58.9 Å². The Morgan fingerprint density at radius 3 is 2.18 bits per heavy atom. The van der Waals surface area contributed by atoms with Gasteiger partial charge >= 0.3 is 0 Å². The van der Waals surface area contributed by atoms with Gasteiger partial charge in [-0.1, -0.05) is 89.2 Å². The number of aromatic nitrogens is 1. The van der Waals surface area contributed by atoms with Gasteiger partial charge in [0.05, 0.1) is 17.2 Å². The highest BCUT2D eigenvalue weighted by molar-refractivity contribution is 6.34. The van der Waals surface area contributed by atoms with Crippen molar-refractivity contribution in [1.82, 2.24) is 5.32 Å². The third kappa shape index (κ3) is 11.6. The van der Waals surface area contributed by atoms with E-state index in [1.165, 1.54) is 70.6 Å². The van der Waals surface area contributed by atoms with E-state index in [1.807, 2.05) is 42.2 Å². The van der Waals surface area contributed by atoms with Gasteiger partial charge in [0.1, 0.15) is 12.8 Å². The van der Waals surface area contributed by atoms with Gasteiger partial charge in [-0.05, 0) is 30.7 Å². The molecule has 0 spiro atoms. The van der Waals surface area contributed by atoms with Crippen LogP contribution in [0.5, 0.6) is 5.75 Å². The summed E-state index contributed by atoms with van der Waals surface area (Å²) in [5, 5.41) is 3.34. The standard InChI is InChI=1S/C28H41ClN2O2/c1-3-4-5-6-7-8-9-10-11-12-13-14-20-33-25-17-18-26(27(29)21-25)28(32)30-22-24-16-15-19-31(2)23-24/h15-19,21,23H,3-14,20,22H2,1-2H3/p+1. The Morgan fingerprint density at radius 2 is 1.58 bits per heavy atom. The molecule has 0 saturated heterocycles. The van der Waals surface area contributed by atoms with Gasteiger partial charge in [0.25, 0.3) is 5.91 Å². The first-order chi connectivity index (χ1) is 16.1. The van der Waals surface area contributed by atoms with Gasteiger partial charge in [-0.2, -0.15) is 0 Å². The molecule has 1 N–H and O–H groups in total. The molecule has 1 aromatic heterocycles. The molecule has 1 aromatic carbocycles. The van der Waals surface area contributed by atoms with Gasteiger partial charge in [0.15, 0.2) is 12.4 Å². The maximum absolute atomic E-state index is 12.5. The number of nitrogens with zero attached hydrogens (tertiary/aromatic N) is 1. The zero-order valence-electron chi connectivity index (χ0n) is 20.6. The molecule has 2 rings (SSSR count). The number of rotatable bonds is 17. The number of carbonyl (C=O) groups excluding carboxylic acids is 1. The Bertz CT molecular complexity index is 825. The van der Waals surface area contributed by atoms with Crippen molar-refractivity contribution >= 4 is 17.5 Å². The Labute approximate surface area is 205 Å². The predicted molar refractivity (Wildman–Crippen MR) is 137 cm³/mol. The number of benzene rings is 1. The molecule has 182 valence electrons. The van der Waals surface area contributed by atoms with E-state index in [0.29, 0.717) is 23.7 Å². The molecule has 1 heterocycles. The second-order valence-corrected chi connectivity index (χ2v) is 9.35. The number of hydrogen-bond donors (Lipinski definition) is 1. The molecule has 0 atom stereocenters. The molecule has 0 aliphatic carbocycles. The number of nitrogens with one attached hydrogen (secondary N) is 1. The fraction of sp³-hybridized carbons (Fsp3) is 0.571. The lowest BCUT2D eigenvalue weighted by Crippen LogP contribution is -2.29. The average molecular weight is 474 g/mol. The quantitative estimate of drug-likeness (QED) is 0.195. The molecular formula is C28H42ClN2O2+. The highest BCUT2D eigenvalue weighted by atomic mass is 35.5. The van der Waals surface area contributed by atoms with Crippen LogP contribution in [0.4, 0.5) is 0 Å². The summed E-state index contributed by atoms with van der Waals surface area (Å²) in [6.07, 6.45) is 19.9. The summed E-state index contributed by atoms with van der Waals surface area (Å²) < 4.78 is 7.79. The minimum atomic E-state index is -0.181. The largest absolute Gasteiger partial charge is 0.494 e. The Balaban J connectivity index is 1.56. The maximum atomic E-state index is 12.5. The van der Waals surface area contributed by atoms with Crippen LogP contribution >= 0.6 is 11.6 Å². The molecule has 0 saturated carbocycles. The normalized spacial score (nSPS) is 10.9. The molecule has 0 bridgehead atoms. The monoisotopic (exact) mass is 473 g/mol. The fourth-order valence-corrected chi connectivity index (χ4v) is 4.19. The third-order valence-electron chi connectivity index (χ3n) is 5.91. The van der Waals surface area contributed by atoms with Crippen molar-refractivity contribution in [1.29, 1.82) is 0 Å². The zero-order chi connectivity index (χ0) is 23.7. The lowest BCUT2D eigenvalue weighted by atomic mass is 10.1. The van der Waals surface area contributed by atoms with Gasteiger partial charge in [-0.15, -0.1) is 0 Å². The molecule has 2 aromatic rings. The first kappa shape index (κ1) is 27.2. The summed E-state index contributed by atoms with van der Waals surface area (Å²) in [7, 11) is 1.96. The number of ether oxygens (including phenoxy) is 1. The summed E-state index contributed by atoms with van der Waals surface area (Å²) in [5.74, 6) is 0.536. The number of aryl methyl sites for hydroxylation is 1. The van der Waals surface area contributed by atoms with Crippen LogP contribution in [0.15, 0.2) is 42.7 Å². The summed E-state index contributed by atoms with van der Waals surface area (Å²) in [6.45, 7) is 3.41. The average Bonchev–Trinajstić information content (AvgIpc) is 2.80. The van der Waals surface area contributed by atoms with Crippen LogP contribution in [-0.4, -0.2) is 12.5 Å². The van der Waals surface area contributed by atoms with Crippen molar-refractivity contribution in [3.8, 4) is 5.75 Å². The Kier molecular flexibility index (Phi) is 13.6. The highest BCUT2D eigenvalue weighted by Crippen LogP contribution is 2.23. The minimum Gasteiger partial charge on any atom is -0.494 e. The van der Waals surface area contributed by atoms with Crippen molar-refractivity contribution < 1.29 is 14.1 Å². The fourth-order valence-electron chi connectivity index (χ4n) is 3.93. The van der Waals surface area contributed by atoms with E-state index >= 15 is 0 Å². The van der Waals surface area contributed by atoms with Gasteiger partial charge in [-0.3, -0.25) is 4.79 Å². The van der Waals surface area contributed by atoms with E-state index in [9.17, 15) is 4.79 Å². The number of hydrogen-bond acceptors (Lipinski definition) is 2. The van der Waals surface area contributed by atoms with Gasteiger partial charge in [0, 0.05) is 18.2 Å². The van der Waals surface area contributed by atoms with E-state index in [4.69, 9.17) is 16.3 Å². The summed E-state index contributed by atoms with van der Waals surface area (Å²) in [5.41, 5.74) is 1.50. The number of unbranched alkanes of at least 4 members (excludes halogenated alkanes) is 11. The van der Waals surface area contributed by atoms with Crippen LogP contribution < -0.4 is 14.6 Å². The lowest BCUT2D eigenvalue weighted by molar-refractivity contribution is -0.671. The molecule has 0 fully saturated rings. The van der Waals surface area contributed by atoms with Crippen molar-refractivity contribution in [3.63, 3.8) is 0 Å². The third-order valence-corrected chi connectivity index (χ3v) is 6.22. The summed E-state index contributed by atoms with van der Waals surface area (Å²) in [6, 6.07) is 9.23. The van der Waals surface area contributed by atoms with E-state index in [-0.39, 0.29) is 5.91 Å². The smallest absolute Gasteiger partial charge is 0.253 e. The van der Waals surface area contributed by atoms with E-state index in [1.54, 1.807) is 12.1 Å². The number of carbonyl (C=O) groups is 1. The van der Waals surface area contributed by atoms with Gasteiger partial charge < -0.3 is 10.1 Å². The van der Waals surface area contributed by atoms with Crippen molar-refractivity contribution in [2.45, 2.75) is 90.5 Å². The van der Waals surface area contributed by atoms with E-state index < -0.39 is 0 Å². The SMILES string of the molecule is CCCCCCCCCCCCCCOc1ccc(C(=O)NCc2ccc[n+](C)c2)c(Cl)c1. The molecule has 0 radical (unpaired) electrons. The first-order valence-corrected chi connectivity index (χ1v) is 13.1. The van der Waals surface area contributed by atoms with Crippen LogP contribution in [0.1, 0.15) is 99.9 Å². The molecule has 0 unspecified atom stereocenters. The number of halogens is 1. The second kappa shape index (κ2) is 16.5. The number of pyridine rings is 1. The van der Waals surface area contributed by atoms with Crippen LogP contribution in [0.25, 0.3) is 0 Å². The van der Waals surface area contributed by atoms with Crippen LogP contribution in [-0.2, 0) is 13.6 Å². The van der Waals surface area contributed by atoms with Crippen LogP contribution in [0.3, 0.4) is 0 Å². The molecular weight excluding hydrogens is 432 g/mol. The molecule has 4 nitrogen and oxygen atoms in total. The summed E-state index contributed by atoms with van der Waals surface area (Å²) in [4.78, 5) is 12.5. The second-order valence-electron chi connectivity index (χ2n) is 8.94. The first-order valence-electron chi connectivity index (χ1n) is 12.7. The molecule has 0 aliphatic heterocycles. The maximum Gasteiger partial charge on any atom is 0.253 e. The van der Waals surface area contributed by atoms with E-state index in [2.05, 4.69) is 12.2 Å². The highest BCUT2D eigenvalue weighted by Gasteiger charge is 2.12. The minimum absolute atomic E-state index is 0.181. The van der Waals surface area contributed by atoms with E-state index in [0.717, 1.165) is 17.7 Å². The summed E-state index contributed by atoms with van der Waals surface area (Å²) >= 11 is 6.34. The van der Waals surface area contributed by atoms with Crippen LogP contribution in [0.2, 0.25) is 5.02 Å². The molecule has 5 heteroatoms. The van der Waals surface area contributed by atoms with Crippen molar-refractivity contribution in [2.75, 3.05) is 6.61 Å².